The van der Waals surface area contributed by atoms with Gasteiger partial charge in [0.25, 0.3) is 11.5 Å². The Kier molecular flexibility index (Phi) is 4.67. The topological polar surface area (TPSA) is 91.1 Å². The number of H-pyrrole nitrogens is 2. The smallest absolute Gasteiger partial charge is 0.276 e. The van der Waals surface area contributed by atoms with E-state index in [4.69, 9.17) is 4.74 Å². The minimum absolute atomic E-state index is 0.0802. The van der Waals surface area contributed by atoms with Gasteiger partial charge in [-0.25, -0.2) is 4.98 Å². The van der Waals surface area contributed by atoms with E-state index in [1.807, 2.05) is 42.5 Å². The summed E-state index contributed by atoms with van der Waals surface area (Å²) in [6, 6.07) is 14.7. The number of para-hydroxylation sites is 2. The lowest BCUT2D eigenvalue weighted by molar-refractivity contribution is 0.0744. The zero-order chi connectivity index (χ0) is 19.7. The summed E-state index contributed by atoms with van der Waals surface area (Å²) in [5, 5.41) is 0.843. The molecule has 142 valence electrons. The number of methoxy groups -OCH3 is 1. The summed E-state index contributed by atoms with van der Waals surface area (Å²) in [5.41, 5.74) is 3.49. The number of carbonyl (C=O) groups is 1. The Morgan fingerprint density at radius 1 is 1.11 bits per heavy atom. The molecule has 7 nitrogen and oxygen atoms in total. The summed E-state index contributed by atoms with van der Waals surface area (Å²) in [6.45, 7) is 0.997. The highest BCUT2D eigenvalue weighted by Crippen LogP contribution is 2.23. The van der Waals surface area contributed by atoms with Gasteiger partial charge in [-0.3, -0.25) is 9.59 Å². The van der Waals surface area contributed by atoms with Gasteiger partial charge in [0.2, 0.25) is 0 Å². The molecule has 28 heavy (non-hydrogen) atoms. The second kappa shape index (κ2) is 7.28. The molecule has 0 aliphatic carbocycles. The minimum Gasteiger partial charge on any atom is -0.383 e. The van der Waals surface area contributed by atoms with Gasteiger partial charge in [0.1, 0.15) is 0 Å². The van der Waals surface area contributed by atoms with Crippen LogP contribution in [0.5, 0.6) is 0 Å². The van der Waals surface area contributed by atoms with Crippen LogP contribution in [0.2, 0.25) is 0 Å². The number of hydrogen-bond acceptors (Lipinski definition) is 4. The lowest BCUT2D eigenvalue weighted by Gasteiger charge is -2.16. The van der Waals surface area contributed by atoms with Crippen molar-refractivity contribution in [3.8, 4) is 11.4 Å². The van der Waals surface area contributed by atoms with Gasteiger partial charge in [-0.1, -0.05) is 12.1 Å². The number of amides is 1. The predicted molar refractivity (Wildman–Crippen MR) is 108 cm³/mol. The fraction of sp³-hybridized carbons (Fsp3) is 0.190. The summed E-state index contributed by atoms with van der Waals surface area (Å²) in [5.74, 6) is -0.0802. The highest BCUT2D eigenvalue weighted by atomic mass is 16.5. The number of carbonyl (C=O) groups excluding carboxylic acids is 1. The Bertz CT molecular complexity index is 1230. The van der Waals surface area contributed by atoms with Crippen molar-refractivity contribution in [2.45, 2.75) is 0 Å². The number of aromatic amines is 2. The van der Waals surface area contributed by atoms with Crippen molar-refractivity contribution in [2.75, 3.05) is 27.3 Å². The van der Waals surface area contributed by atoms with E-state index in [-0.39, 0.29) is 11.5 Å². The minimum atomic E-state index is -0.263. The SMILES string of the molecule is COCCN(C)C(=O)c1ccc2[nH]c(-c3nc4ccccc4[nH]c3=O)cc2c1. The van der Waals surface area contributed by atoms with E-state index in [1.54, 1.807) is 25.1 Å². The molecule has 0 fully saturated rings. The van der Waals surface area contributed by atoms with Crippen LogP contribution in [0.1, 0.15) is 10.4 Å². The summed E-state index contributed by atoms with van der Waals surface area (Å²) in [4.78, 5) is 37.2. The Balaban J connectivity index is 1.72. The number of nitrogens with zero attached hydrogens (tertiary/aromatic N) is 2. The van der Waals surface area contributed by atoms with Crippen LogP contribution >= 0.6 is 0 Å². The molecule has 4 rings (SSSR count). The number of hydrogen-bond donors (Lipinski definition) is 2. The van der Waals surface area contributed by atoms with Gasteiger partial charge in [0.05, 0.1) is 23.3 Å². The van der Waals surface area contributed by atoms with Crippen molar-refractivity contribution < 1.29 is 9.53 Å². The average Bonchev–Trinajstić information content (AvgIpc) is 3.13. The van der Waals surface area contributed by atoms with Crippen LogP contribution in [0.4, 0.5) is 0 Å². The van der Waals surface area contributed by atoms with Gasteiger partial charge in [-0.15, -0.1) is 0 Å². The van der Waals surface area contributed by atoms with E-state index in [1.165, 1.54) is 0 Å². The first-order valence-electron chi connectivity index (χ1n) is 8.93. The molecule has 4 aromatic rings. The standard InChI is InChI=1S/C21H20N4O3/c1-25(9-10-28-2)21(27)13-7-8-15-14(11-13)12-18(22-15)19-20(26)24-17-6-4-3-5-16(17)23-19/h3-8,11-12,22H,9-10H2,1-2H3,(H,24,26). The number of ether oxygens (including phenoxy) is 1. The molecule has 2 aromatic carbocycles. The average molecular weight is 376 g/mol. The van der Waals surface area contributed by atoms with Crippen molar-refractivity contribution in [3.05, 3.63) is 64.4 Å². The molecule has 0 radical (unpaired) electrons. The van der Waals surface area contributed by atoms with Gasteiger partial charge in [-0.05, 0) is 36.4 Å². The van der Waals surface area contributed by atoms with Crippen molar-refractivity contribution >= 4 is 27.8 Å². The highest BCUT2D eigenvalue weighted by molar-refractivity contribution is 5.99. The van der Waals surface area contributed by atoms with E-state index in [0.29, 0.717) is 41.1 Å². The molecule has 0 spiro atoms. The van der Waals surface area contributed by atoms with Crippen LogP contribution in [0.25, 0.3) is 33.3 Å². The van der Waals surface area contributed by atoms with E-state index >= 15 is 0 Å². The Labute approximate surface area is 161 Å². The maximum Gasteiger partial charge on any atom is 0.276 e. The summed E-state index contributed by atoms with van der Waals surface area (Å²) >= 11 is 0. The molecule has 7 heteroatoms. The molecule has 0 unspecified atom stereocenters. The van der Waals surface area contributed by atoms with Crippen molar-refractivity contribution in [3.63, 3.8) is 0 Å². The summed E-state index contributed by atoms with van der Waals surface area (Å²) in [7, 11) is 3.35. The Morgan fingerprint density at radius 3 is 2.75 bits per heavy atom. The van der Waals surface area contributed by atoms with Gasteiger partial charge in [-0.2, -0.15) is 0 Å². The molecule has 2 heterocycles. The quantitative estimate of drug-likeness (QED) is 0.560. The molecular formula is C21H20N4O3. The molecule has 0 saturated carbocycles. The largest absolute Gasteiger partial charge is 0.383 e. The molecule has 0 bridgehead atoms. The third kappa shape index (κ3) is 3.27. The normalized spacial score (nSPS) is 11.2. The Hall–Kier alpha value is -3.45. The van der Waals surface area contributed by atoms with Crippen LogP contribution in [-0.4, -0.2) is 53.1 Å². The molecule has 0 saturated heterocycles. The number of fused-ring (bicyclic) bond motifs is 2. The zero-order valence-corrected chi connectivity index (χ0v) is 15.7. The Morgan fingerprint density at radius 2 is 1.93 bits per heavy atom. The highest BCUT2D eigenvalue weighted by Gasteiger charge is 2.14. The van der Waals surface area contributed by atoms with E-state index in [9.17, 15) is 9.59 Å². The van der Waals surface area contributed by atoms with E-state index < -0.39 is 0 Å². The fourth-order valence-corrected chi connectivity index (χ4v) is 3.16. The third-order valence-corrected chi connectivity index (χ3v) is 4.70. The van der Waals surface area contributed by atoms with Gasteiger partial charge < -0.3 is 19.6 Å². The van der Waals surface area contributed by atoms with Gasteiger partial charge in [0.15, 0.2) is 5.69 Å². The van der Waals surface area contributed by atoms with Crippen LogP contribution in [0, 0.1) is 0 Å². The lowest BCUT2D eigenvalue weighted by Crippen LogP contribution is -2.29. The predicted octanol–water partition coefficient (Wildman–Crippen LogP) is 2.79. The third-order valence-electron chi connectivity index (χ3n) is 4.70. The van der Waals surface area contributed by atoms with Crippen LogP contribution < -0.4 is 5.56 Å². The first-order valence-corrected chi connectivity index (χ1v) is 8.93. The van der Waals surface area contributed by atoms with Crippen LogP contribution in [0.3, 0.4) is 0 Å². The number of aromatic nitrogens is 3. The lowest BCUT2D eigenvalue weighted by atomic mass is 10.1. The molecule has 2 N–H and O–H groups in total. The molecular weight excluding hydrogens is 356 g/mol. The zero-order valence-electron chi connectivity index (χ0n) is 15.7. The summed E-state index contributed by atoms with van der Waals surface area (Å²) in [6.07, 6.45) is 0. The molecule has 0 aliphatic heterocycles. The number of likely N-dealkylation sites (N-methyl/N-ethyl adjacent to an activating group) is 1. The molecule has 0 atom stereocenters. The van der Waals surface area contributed by atoms with Gasteiger partial charge >= 0.3 is 0 Å². The van der Waals surface area contributed by atoms with Crippen LogP contribution in [-0.2, 0) is 4.74 Å². The number of benzene rings is 2. The maximum atomic E-state index is 12.6. The van der Waals surface area contributed by atoms with E-state index in [0.717, 1.165) is 10.9 Å². The first-order chi connectivity index (χ1) is 13.6. The second-order valence-corrected chi connectivity index (χ2v) is 6.64. The maximum absolute atomic E-state index is 12.6. The van der Waals surface area contributed by atoms with Crippen LogP contribution in [0.15, 0.2) is 53.3 Å². The van der Waals surface area contributed by atoms with Crippen molar-refractivity contribution in [2.24, 2.45) is 0 Å². The summed E-state index contributed by atoms with van der Waals surface area (Å²) < 4.78 is 5.02. The fourth-order valence-electron chi connectivity index (χ4n) is 3.16. The molecule has 0 aliphatic rings. The van der Waals surface area contributed by atoms with E-state index in [2.05, 4.69) is 15.0 Å². The monoisotopic (exact) mass is 376 g/mol. The molecule has 1 amide bonds. The first kappa shape index (κ1) is 17.9. The van der Waals surface area contributed by atoms with Crippen molar-refractivity contribution in [1.82, 2.24) is 19.9 Å². The number of rotatable bonds is 5. The van der Waals surface area contributed by atoms with Crippen molar-refractivity contribution in [1.29, 1.82) is 0 Å². The van der Waals surface area contributed by atoms with Gasteiger partial charge in [0, 0.05) is 37.2 Å². The second-order valence-electron chi connectivity index (χ2n) is 6.64. The number of nitrogens with one attached hydrogen (secondary N) is 2. The molecule has 2 aromatic heterocycles.